The van der Waals surface area contributed by atoms with Crippen molar-refractivity contribution >= 4 is 35.6 Å². The van der Waals surface area contributed by atoms with Gasteiger partial charge in [0.15, 0.2) is 6.10 Å². The van der Waals surface area contributed by atoms with Crippen molar-refractivity contribution < 1.29 is 52.5 Å². The fourth-order valence-corrected chi connectivity index (χ4v) is 7.37. The van der Waals surface area contributed by atoms with E-state index in [9.17, 15) is 28.8 Å². The second-order valence-electron chi connectivity index (χ2n) is 18.0. The Morgan fingerprint density at radius 3 is 1.02 bits per heavy atom. The number of ketones is 1. The van der Waals surface area contributed by atoms with Crippen molar-refractivity contribution in [3.05, 3.63) is 24.3 Å². The number of allylic oxidation sites excluding steroid dienone is 2. The topological polar surface area (TPSA) is 149 Å². The summed E-state index contributed by atoms with van der Waals surface area (Å²) in [6, 6.07) is 0. The Labute approximate surface area is 402 Å². The highest BCUT2D eigenvalue weighted by Crippen LogP contribution is 2.14. The maximum Gasteiger partial charge on any atom is 0.306 e. The molecule has 0 aliphatic heterocycles. The second-order valence-corrected chi connectivity index (χ2v) is 18.0. The summed E-state index contributed by atoms with van der Waals surface area (Å²) in [5.74, 6) is -1.84. The van der Waals surface area contributed by atoms with Crippen LogP contribution in [0, 0.1) is 0 Å². The highest BCUT2D eigenvalue weighted by Gasteiger charge is 2.20. The quantitative estimate of drug-likeness (QED) is 0.0248. The summed E-state index contributed by atoms with van der Waals surface area (Å²) in [6.07, 6.45) is 39.9. The van der Waals surface area contributed by atoms with E-state index in [0.29, 0.717) is 45.3 Å². The highest BCUT2D eigenvalue weighted by atomic mass is 16.6. The van der Waals surface area contributed by atoms with Crippen LogP contribution in [0.5, 0.6) is 0 Å². The van der Waals surface area contributed by atoms with E-state index in [-0.39, 0.29) is 56.6 Å². The van der Waals surface area contributed by atoms with Crippen LogP contribution >= 0.6 is 0 Å². The lowest BCUT2D eigenvalue weighted by Crippen LogP contribution is -2.31. The Morgan fingerprint density at radius 2 is 0.636 bits per heavy atom. The van der Waals surface area contributed by atoms with E-state index in [1.807, 2.05) is 12.2 Å². The van der Waals surface area contributed by atoms with Gasteiger partial charge in [-0.15, -0.1) is 0 Å². The number of hydrogen-bond acceptors (Lipinski definition) is 11. The highest BCUT2D eigenvalue weighted by molar-refractivity contribution is 5.83. The molecule has 0 atom stereocenters. The van der Waals surface area contributed by atoms with Crippen molar-refractivity contribution in [3.63, 3.8) is 0 Å². The molecule has 11 heteroatoms. The van der Waals surface area contributed by atoms with Gasteiger partial charge < -0.3 is 23.7 Å². The minimum atomic E-state index is -0.982. The molecule has 0 radical (unpaired) electrons. The number of carbonyl (C=O) groups is 6. The lowest BCUT2D eigenvalue weighted by molar-refractivity contribution is -0.167. The van der Waals surface area contributed by atoms with Crippen molar-refractivity contribution in [3.8, 4) is 0 Å². The first-order valence-electron chi connectivity index (χ1n) is 26.8. The smallest absolute Gasteiger partial charge is 0.306 e. The standard InChI is InChI=1S/C55H96O11/c1-4-7-10-13-16-17-18-19-24-31-38-49(56)43-44-55(61)66-50(47-64-53(59)41-34-27-22-25-32-39-51(57)62-45-36-29-20-14-11-8-5-2)48-65-54(60)42-35-28-23-26-33-40-52(58)63-46-37-30-21-15-12-9-6-3/h29-30,36-37,50H,4-28,31-35,38-48H2,1-3H3/b36-29-,37-30-. The van der Waals surface area contributed by atoms with Crippen LogP contribution < -0.4 is 0 Å². The Bertz CT molecular complexity index is 1190. The molecule has 0 unspecified atom stereocenters. The van der Waals surface area contributed by atoms with Gasteiger partial charge in [-0.1, -0.05) is 180 Å². The Kier molecular flexibility index (Phi) is 46.8. The van der Waals surface area contributed by atoms with Gasteiger partial charge >= 0.3 is 29.8 Å². The molecule has 0 aromatic carbocycles. The van der Waals surface area contributed by atoms with Crippen LogP contribution in [0.1, 0.15) is 258 Å². The Balaban J connectivity index is 4.55. The number of esters is 5. The van der Waals surface area contributed by atoms with Crippen LogP contribution in [-0.4, -0.2) is 68.2 Å². The molecule has 382 valence electrons. The maximum absolute atomic E-state index is 12.8. The predicted molar refractivity (Wildman–Crippen MR) is 265 cm³/mol. The first kappa shape index (κ1) is 62.5. The van der Waals surface area contributed by atoms with E-state index < -0.39 is 24.0 Å². The van der Waals surface area contributed by atoms with Gasteiger partial charge in [0.05, 0.1) is 6.42 Å². The number of hydrogen-bond donors (Lipinski definition) is 0. The minimum Gasteiger partial charge on any atom is -0.462 e. The molecule has 0 aromatic rings. The summed E-state index contributed by atoms with van der Waals surface area (Å²) in [5, 5.41) is 0. The monoisotopic (exact) mass is 933 g/mol. The first-order chi connectivity index (χ1) is 32.2. The van der Waals surface area contributed by atoms with Crippen LogP contribution in [0.4, 0.5) is 0 Å². The van der Waals surface area contributed by atoms with Crippen molar-refractivity contribution in [1.82, 2.24) is 0 Å². The third kappa shape index (κ3) is 47.0. The molecule has 66 heavy (non-hydrogen) atoms. The molecule has 0 aliphatic rings. The number of rotatable bonds is 49. The average Bonchev–Trinajstić information content (AvgIpc) is 3.30. The van der Waals surface area contributed by atoms with Crippen LogP contribution in [0.15, 0.2) is 24.3 Å². The molecular formula is C55H96O11. The van der Waals surface area contributed by atoms with E-state index in [1.54, 1.807) is 0 Å². The van der Waals surface area contributed by atoms with Crippen molar-refractivity contribution in [2.24, 2.45) is 0 Å². The molecule has 0 heterocycles. The summed E-state index contributed by atoms with van der Waals surface area (Å²) in [6.45, 7) is 6.74. The zero-order chi connectivity index (χ0) is 48.4. The van der Waals surface area contributed by atoms with Gasteiger partial charge in [-0.05, 0) is 57.8 Å². The van der Waals surface area contributed by atoms with Crippen LogP contribution in [-0.2, 0) is 52.5 Å². The van der Waals surface area contributed by atoms with Crippen LogP contribution in [0.2, 0.25) is 0 Å². The molecule has 0 aliphatic carbocycles. The van der Waals surface area contributed by atoms with Crippen molar-refractivity contribution in [2.45, 2.75) is 264 Å². The van der Waals surface area contributed by atoms with Gasteiger partial charge in [0.25, 0.3) is 0 Å². The van der Waals surface area contributed by atoms with Gasteiger partial charge in [-0.25, -0.2) is 0 Å². The molecule has 0 saturated carbocycles. The first-order valence-corrected chi connectivity index (χ1v) is 26.8. The zero-order valence-corrected chi connectivity index (χ0v) is 42.4. The number of Topliss-reactive ketones (excluding diaryl/α,β-unsaturated/α-hetero) is 1. The Hall–Kier alpha value is -3.50. The van der Waals surface area contributed by atoms with Gasteiger partial charge in [-0.2, -0.15) is 0 Å². The fourth-order valence-electron chi connectivity index (χ4n) is 7.37. The van der Waals surface area contributed by atoms with E-state index in [4.69, 9.17) is 23.7 Å². The fraction of sp³-hybridized carbons (Fsp3) is 0.818. The van der Waals surface area contributed by atoms with Gasteiger partial charge in [0.1, 0.15) is 32.2 Å². The van der Waals surface area contributed by atoms with E-state index >= 15 is 0 Å². The SMILES string of the molecule is CCCCCC/C=C\COC(=O)CCCCCCCC(=O)OCC(COC(=O)CCCCCCCC(=O)OC/C=C\CCCCCC)OC(=O)CCC(=O)CCCCCCCCCCCC. The van der Waals surface area contributed by atoms with Crippen LogP contribution in [0.25, 0.3) is 0 Å². The normalized spacial score (nSPS) is 11.4. The average molecular weight is 933 g/mol. The van der Waals surface area contributed by atoms with E-state index in [0.717, 1.165) is 96.3 Å². The lowest BCUT2D eigenvalue weighted by Gasteiger charge is -2.18. The second kappa shape index (κ2) is 49.4. The summed E-state index contributed by atoms with van der Waals surface area (Å²) >= 11 is 0. The molecule has 0 bridgehead atoms. The third-order valence-electron chi connectivity index (χ3n) is 11.6. The number of unbranched alkanes of at least 4 members (excludes halogenated alkanes) is 25. The third-order valence-corrected chi connectivity index (χ3v) is 11.6. The summed E-state index contributed by atoms with van der Waals surface area (Å²) < 4.78 is 27.0. The summed E-state index contributed by atoms with van der Waals surface area (Å²) in [7, 11) is 0. The van der Waals surface area contributed by atoms with Crippen molar-refractivity contribution in [1.29, 1.82) is 0 Å². The Morgan fingerprint density at radius 1 is 0.318 bits per heavy atom. The molecule has 0 amide bonds. The molecule has 0 N–H and O–H groups in total. The maximum atomic E-state index is 12.8. The van der Waals surface area contributed by atoms with Gasteiger partial charge in [0, 0.05) is 38.5 Å². The van der Waals surface area contributed by atoms with E-state index in [2.05, 4.69) is 32.9 Å². The molecular weight excluding hydrogens is 837 g/mol. The van der Waals surface area contributed by atoms with Gasteiger partial charge in [0.2, 0.25) is 0 Å². The number of ether oxygens (including phenoxy) is 5. The zero-order valence-electron chi connectivity index (χ0n) is 42.4. The molecule has 0 saturated heterocycles. The summed E-state index contributed by atoms with van der Waals surface area (Å²) in [5.41, 5.74) is 0. The molecule has 0 spiro atoms. The summed E-state index contributed by atoms with van der Waals surface area (Å²) in [4.78, 5) is 74.5. The molecule has 0 rings (SSSR count). The predicted octanol–water partition coefficient (Wildman–Crippen LogP) is 14.2. The molecule has 0 aromatic heterocycles. The van der Waals surface area contributed by atoms with E-state index in [1.165, 1.54) is 83.5 Å². The van der Waals surface area contributed by atoms with Crippen LogP contribution in [0.3, 0.4) is 0 Å². The van der Waals surface area contributed by atoms with Gasteiger partial charge in [-0.3, -0.25) is 28.8 Å². The molecule has 11 nitrogen and oxygen atoms in total. The lowest BCUT2D eigenvalue weighted by atomic mass is 10.0. The largest absolute Gasteiger partial charge is 0.462 e. The van der Waals surface area contributed by atoms with Crippen molar-refractivity contribution in [2.75, 3.05) is 26.4 Å². The number of carbonyl (C=O) groups excluding carboxylic acids is 6. The molecule has 0 fully saturated rings. The minimum absolute atomic E-state index is 0.0215.